The van der Waals surface area contributed by atoms with Crippen LogP contribution in [0.3, 0.4) is 0 Å². The van der Waals surface area contributed by atoms with E-state index >= 15 is 0 Å². The molecule has 2 atom stereocenters. The van der Waals surface area contributed by atoms with Crippen LogP contribution < -0.4 is 22.1 Å². The van der Waals surface area contributed by atoms with E-state index in [2.05, 4.69) is 20.6 Å². The Balaban J connectivity index is 1.72. The zero-order valence-electron chi connectivity index (χ0n) is 15.9. The molecule has 8 heteroatoms. The van der Waals surface area contributed by atoms with Gasteiger partial charge >= 0.3 is 0 Å². The maximum absolute atomic E-state index is 14.7. The number of pyridine rings is 2. The number of primary amides is 1. The highest BCUT2D eigenvalue weighted by molar-refractivity contribution is 6.01. The van der Waals surface area contributed by atoms with E-state index in [1.807, 2.05) is 24.3 Å². The van der Waals surface area contributed by atoms with Crippen LogP contribution in [-0.4, -0.2) is 28.0 Å². The van der Waals surface area contributed by atoms with E-state index in [4.69, 9.17) is 11.5 Å². The number of nitrogens with two attached hydrogens (primary N) is 2. The van der Waals surface area contributed by atoms with Crippen molar-refractivity contribution in [1.29, 1.82) is 0 Å². The van der Waals surface area contributed by atoms with Gasteiger partial charge in [0.2, 0.25) is 0 Å². The number of hydrogen-bond acceptors (Lipinski definition) is 6. The van der Waals surface area contributed by atoms with Gasteiger partial charge in [-0.1, -0.05) is 25.0 Å². The summed E-state index contributed by atoms with van der Waals surface area (Å²) in [6.45, 7) is 0. The molecule has 2 aromatic heterocycles. The SMILES string of the molecule is NC(=O)c1cc(F)c(NC2CCCCC2N)nc1Nc1cccc2cnccc12. The van der Waals surface area contributed by atoms with Gasteiger partial charge in [0, 0.05) is 40.9 Å². The van der Waals surface area contributed by atoms with Gasteiger partial charge in [-0.05, 0) is 31.0 Å². The lowest BCUT2D eigenvalue weighted by molar-refractivity contribution is 0.100. The van der Waals surface area contributed by atoms with Crippen LogP contribution in [0.15, 0.2) is 42.7 Å². The smallest absolute Gasteiger partial charge is 0.252 e. The first kappa shape index (κ1) is 19.1. The maximum Gasteiger partial charge on any atom is 0.252 e. The number of amides is 1. The summed E-state index contributed by atoms with van der Waals surface area (Å²) in [4.78, 5) is 20.4. The maximum atomic E-state index is 14.7. The second kappa shape index (κ2) is 8.00. The Labute approximate surface area is 167 Å². The van der Waals surface area contributed by atoms with E-state index in [-0.39, 0.29) is 29.3 Å². The molecule has 0 saturated heterocycles. The molecule has 29 heavy (non-hydrogen) atoms. The minimum atomic E-state index is -0.762. The Morgan fingerprint density at radius 1 is 1.17 bits per heavy atom. The van der Waals surface area contributed by atoms with Gasteiger partial charge in [-0.15, -0.1) is 0 Å². The number of rotatable bonds is 5. The van der Waals surface area contributed by atoms with Crippen molar-refractivity contribution >= 4 is 34.0 Å². The zero-order chi connectivity index (χ0) is 20.4. The van der Waals surface area contributed by atoms with Crippen LogP contribution in [0.25, 0.3) is 10.8 Å². The van der Waals surface area contributed by atoms with E-state index in [9.17, 15) is 9.18 Å². The van der Waals surface area contributed by atoms with Crippen molar-refractivity contribution in [1.82, 2.24) is 9.97 Å². The monoisotopic (exact) mass is 394 g/mol. The van der Waals surface area contributed by atoms with Crippen molar-refractivity contribution in [3.8, 4) is 0 Å². The van der Waals surface area contributed by atoms with Crippen LogP contribution >= 0.6 is 0 Å². The summed E-state index contributed by atoms with van der Waals surface area (Å²) in [6.07, 6.45) is 7.25. The van der Waals surface area contributed by atoms with E-state index in [1.54, 1.807) is 12.4 Å². The third-order valence-corrected chi connectivity index (χ3v) is 5.32. The molecule has 150 valence electrons. The van der Waals surface area contributed by atoms with Gasteiger partial charge in [0.05, 0.1) is 5.56 Å². The molecular formula is C21H23FN6O. The molecule has 1 aromatic carbocycles. The van der Waals surface area contributed by atoms with E-state index in [0.717, 1.165) is 42.5 Å². The number of anilines is 3. The summed E-state index contributed by atoms with van der Waals surface area (Å²) in [5.74, 6) is -1.15. The highest BCUT2D eigenvalue weighted by Crippen LogP contribution is 2.29. The molecule has 0 radical (unpaired) electrons. The molecular weight excluding hydrogens is 371 g/mol. The minimum Gasteiger partial charge on any atom is -0.365 e. The Morgan fingerprint density at radius 2 is 2.00 bits per heavy atom. The molecule has 1 aliphatic rings. The number of carbonyl (C=O) groups excluding carboxylic acids is 1. The molecule has 0 aliphatic heterocycles. The van der Waals surface area contributed by atoms with Gasteiger partial charge in [-0.3, -0.25) is 9.78 Å². The van der Waals surface area contributed by atoms with Crippen LogP contribution in [0.4, 0.5) is 21.7 Å². The Kier molecular flexibility index (Phi) is 5.26. The average Bonchev–Trinajstić information content (AvgIpc) is 2.72. The molecule has 2 unspecified atom stereocenters. The van der Waals surface area contributed by atoms with Gasteiger partial charge in [-0.25, -0.2) is 9.37 Å². The van der Waals surface area contributed by atoms with Crippen molar-refractivity contribution in [2.75, 3.05) is 10.6 Å². The van der Waals surface area contributed by atoms with Crippen molar-refractivity contribution in [3.05, 3.63) is 54.1 Å². The van der Waals surface area contributed by atoms with Gasteiger partial charge < -0.3 is 22.1 Å². The molecule has 1 amide bonds. The van der Waals surface area contributed by atoms with E-state index < -0.39 is 11.7 Å². The molecule has 1 fully saturated rings. The Bertz CT molecular complexity index is 1050. The predicted octanol–water partition coefficient (Wildman–Crippen LogP) is 3.29. The van der Waals surface area contributed by atoms with Gasteiger partial charge in [0.25, 0.3) is 5.91 Å². The summed E-state index contributed by atoms with van der Waals surface area (Å²) in [6, 6.07) is 8.47. The summed E-state index contributed by atoms with van der Waals surface area (Å²) in [5.41, 5.74) is 12.3. The normalized spacial score (nSPS) is 19.1. The number of nitrogens with zero attached hydrogens (tertiary/aromatic N) is 2. The van der Waals surface area contributed by atoms with Gasteiger partial charge in [-0.2, -0.15) is 0 Å². The fraction of sp³-hybridized carbons (Fsp3) is 0.286. The molecule has 2 heterocycles. The Morgan fingerprint density at radius 3 is 2.79 bits per heavy atom. The molecule has 7 nitrogen and oxygen atoms in total. The standard InChI is InChI=1S/C21H23FN6O/c22-15-10-14(19(24)29)20(28-21(15)27-18-6-2-1-5-16(18)23)26-17-7-3-4-12-11-25-9-8-13(12)17/h3-4,7-11,16,18H,1-2,5-6,23H2,(H2,24,29)(H2,26,27,28). The lowest BCUT2D eigenvalue weighted by Crippen LogP contribution is -2.43. The lowest BCUT2D eigenvalue weighted by Gasteiger charge is -2.30. The molecule has 1 saturated carbocycles. The topological polar surface area (TPSA) is 119 Å². The molecule has 6 N–H and O–H groups in total. The molecule has 0 bridgehead atoms. The van der Waals surface area contributed by atoms with Gasteiger partial charge in [0.15, 0.2) is 11.6 Å². The highest BCUT2D eigenvalue weighted by Gasteiger charge is 2.24. The van der Waals surface area contributed by atoms with Crippen LogP contribution in [0, 0.1) is 5.82 Å². The number of nitrogens with one attached hydrogen (secondary N) is 2. The van der Waals surface area contributed by atoms with Crippen molar-refractivity contribution in [3.63, 3.8) is 0 Å². The van der Waals surface area contributed by atoms with Crippen molar-refractivity contribution in [2.45, 2.75) is 37.8 Å². The first-order chi connectivity index (χ1) is 14.0. The quantitative estimate of drug-likeness (QED) is 0.527. The lowest BCUT2D eigenvalue weighted by atomic mass is 9.91. The second-order valence-electron chi connectivity index (χ2n) is 7.31. The predicted molar refractivity (Wildman–Crippen MR) is 112 cm³/mol. The largest absolute Gasteiger partial charge is 0.365 e. The number of benzene rings is 1. The summed E-state index contributed by atoms with van der Waals surface area (Å²) in [5, 5.41) is 8.07. The third-order valence-electron chi connectivity index (χ3n) is 5.32. The van der Waals surface area contributed by atoms with Crippen molar-refractivity contribution < 1.29 is 9.18 Å². The number of carbonyl (C=O) groups is 1. The van der Waals surface area contributed by atoms with E-state index in [0.29, 0.717) is 5.69 Å². The molecule has 3 aromatic rings. The minimum absolute atomic E-state index is 0.0212. The second-order valence-corrected chi connectivity index (χ2v) is 7.31. The summed E-state index contributed by atoms with van der Waals surface area (Å²) >= 11 is 0. The Hall–Kier alpha value is -3.26. The highest BCUT2D eigenvalue weighted by atomic mass is 19.1. The fourth-order valence-corrected chi connectivity index (χ4v) is 3.75. The molecule has 1 aliphatic carbocycles. The van der Waals surface area contributed by atoms with Crippen LogP contribution in [0.5, 0.6) is 0 Å². The number of fused-ring (bicyclic) bond motifs is 1. The summed E-state index contributed by atoms with van der Waals surface area (Å²) in [7, 11) is 0. The third kappa shape index (κ3) is 3.97. The molecule has 4 rings (SSSR count). The number of aromatic nitrogens is 2. The number of hydrogen-bond donors (Lipinski definition) is 4. The van der Waals surface area contributed by atoms with E-state index in [1.165, 1.54) is 0 Å². The first-order valence-electron chi connectivity index (χ1n) is 9.65. The van der Waals surface area contributed by atoms with Crippen LogP contribution in [0.2, 0.25) is 0 Å². The average molecular weight is 394 g/mol. The number of halogens is 1. The van der Waals surface area contributed by atoms with Crippen molar-refractivity contribution in [2.24, 2.45) is 11.5 Å². The first-order valence-corrected chi connectivity index (χ1v) is 9.65. The zero-order valence-corrected chi connectivity index (χ0v) is 15.9. The van der Waals surface area contributed by atoms with Crippen LogP contribution in [-0.2, 0) is 0 Å². The summed E-state index contributed by atoms with van der Waals surface area (Å²) < 4.78 is 14.7. The van der Waals surface area contributed by atoms with Crippen LogP contribution in [0.1, 0.15) is 36.0 Å². The molecule has 0 spiro atoms. The van der Waals surface area contributed by atoms with Gasteiger partial charge in [0.1, 0.15) is 5.82 Å². The fourth-order valence-electron chi connectivity index (χ4n) is 3.75.